The van der Waals surface area contributed by atoms with Crippen molar-refractivity contribution in [1.29, 1.82) is 0 Å². The van der Waals surface area contributed by atoms with Crippen LogP contribution in [0.2, 0.25) is 0 Å². The Morgan fingerprint density at radius 2 is 1.60 bits per heavy atom. The van der Waals surface area contributed by atoms with Crippen LogP contribution in [0.4, 0.5) is 18.0 Å². The molecule has 2 heterocycles. The van der Waals surface area contributed by atoms with Gasteiger partial charge in [0.25, 0.3) is 0 Å². The molecule has 5 nitrogen and oxygen atoms in total. The molecule has 2 N–H and O–H groups in total. The fourth-order valence-electron chi connectivity index (χ4n) is 3.92. The summed E-state index contributed by atoms with van der Waals surface area (Å²) in [5, 5.41) is 5.95. The number of alkyl halides is 3. The molecule has 0 unspecified atom stereocenters. The van der Waals surface area contributed by atoms with Crippen molar-refractivity contribution in [1.82, 2.24) is 20.4 Å². The summed E-state index contributed by atoms with van der Waals surface area (Å²) in [5.41, 5.74) is 0. The van der Waals surface area contributed by atoms with Gasteiger partial charge in [0.1, 0.15) is 0 Å². The number of amides is 2. The van der Waals surface area contributed by atoms with Crippen LogP contribution in [-0.4, -0.2) is 73.4 Å². The van der Waals surface area contributed by atoms with Crippen LogP contribution in [0, 0.1) is 5.92 Å². The number of rotatable bonds is 5. The van der Waals surface area contributed by atoms with Crippen molar-refractivity contribution in [2.45, 2.75) is 56.8 Å². The molecule has 3 fully saturated rings. The van der Waals surface area contributed by atoms with Gasteiger partial charge in [-0.3, -0.25) is 4.90 Å². The van der Waals surface area contributed by atoms with Crippen LogP contribution in [0.5, 0.6) is 0 Å². The van der Waals surface area contributed by atoms with Crippen LogP contribution in [0.25, 0.3) is 0 Å². The highest BCUT2D eigenvalue weighted by molar-refractivity contribution is 5.74. The zero-order valence-electron chi connectivity index (χ0n) is 14.7. The molecule has 3 aliphatic rings. The highest BCUT2D eigenvalue weighted by Gasteiger charge is 2.33. The zero-order valence-corrected chi connectivity index (χ0v) is 14.7. The SMILES string of the molecule is O=C(NCC1CCN(CC(F)(F)F)CC1)NC1CCN(C2CC2)CC1. The summed E-state index contributed by atoms with van der Waals surface area (Å²) in [5.74, 6) is 0.270. The molecule has 144 valence electrons. The van der Waals surface area contributed by atoms with E-state index in [0.717, 1.165) is 32.0 Å². The molecule has 0 spiro atoms. The largest absolute Gasteiger partial charge is 0.401 e. The van der Waals surface area contributed by atoms with Gasteiger partial charge in [-0.1, -0.05) is 0 Å². The van der Waals surface area contributed by atoms with Gasteiger partial charge in [0, 0.05) is 31.7 Å². The topological polar surface area (TPSA) is 47.6 Å². The minimum Gasteiger partial charge on any atom is -0.338 e. The Labute approximate surface area is 147 Å². The molecule has 0 aromatic rings. The van der Waals surface area contributed by atoms with Crippen LogP contribution < -0.4 is 10.6 Å². The average Bonchev–Trinajstić information content (AvgIpc) is 3.38. The van der Waals surface area contributed by atoms with Crippen LogP contribution in [-0.2, 0) is 0 Å². The molecule has 1 aliphatic carbocycles. The second-order valence-electron chi connectivity index (χ2n) is 7.73. The Hall–Kier alpha value is -1.02. The van der Waals surface area contributed by atoms with Crippen molar-refractivity contribution in [2.24, 2.45) is 5.92 Å². The number of likely N-dealkylation sites (tertiary alicyclic amines) is 2. The van der Waals surface area contributed by atoms with Crippen molar-refractivity contribution >= 4 is 6.03 Å². The summed E-state index contributed by atoms with van der Waals surface area (Å²) < 4.78 is 37.1. The molecule has 0 bridgehead atoms. The normalized spacial score (nSPS) is 25.1. The molecular formula is C17H29F3N4O. The number of carbonyl (C=O) groups is 1. The van der Waals surface area contributed by atoms with E-state index in [0.29, 0.717) is 32.5 Å². The summed E-state index contributed by atoms with van der Waals surface area (Å²) >= 11 is 0. The Balaban J connectivity index is 1.27. The molecule has 2 saturated heterocycles. The minimum atomic E-state index is -4.12. The summed E-state index contributed by atoms with van der Waals surface area (Å²) in [6.45, 7) is 2.75. The Kier molecular flexibility index (Phi) is 6.09. The van der Waals surface area contributed by atoms with Gasteiger partial charge in [0.05, 0.1) is 6.54 Å². The summed E-state index contributed by atoms with van der Waals surface area (Å²) in [6, 6.07) is 0.893. The monoisotopic (exact) mass is 362 g/mol. The Morgan fingerprint density at radius 3 is 2.16 bits per heavy atom. The van der Waals surface area contributed by atoms with Crippen LogP contribution in [0.1, 0.15) is 38.5 Å². The van der Waals surface area contributed by atoms with Crippen molar-refractivity contribution in [3.8, 4) is 0 Å². The van der Waals surface area contributed by atoms with Gasteiger partial charge in [-0.25, -0.2) is 4.79 Å². The maximum absolute atomic E-state index is 12.4. The van der Waals surface area contributed by atoms with E-state index in [2.05, 4.69) is 15.5 Å². The number of carbonyl (C=O) groups excluding carboxylic acids is 1. The number of urea groups is 1. The van der Waals surface area contributed by atoms with Gasteiger partial charge in [-0.05, 0) is 57.5 Å². The third-order valence-electron chi connectivity index (χ3n) is 5.59. The molecule has 2 aliphatic heterocycles. The van der Waals surface area contributed by atoms with Crippen molar-refractivity contribution < 1.29 is 18.0 Å². The first-order chi connectivity index (χ1) is 11.9. The van der Waals surface area contributed by atoms with E-state index in [9.17, 15) is 18.0 Å². The van der Waals surface area contributed by atoms with Gasteiger partial charge in [-0.2, -0.15) is 13.2 Å². The van der Waals surface area contributed by atoms with E-state index < -0.39 is 12.7 Å². The lowest BCUT2D eigenvalue weighted by Gasteiger charge is -2.33. The van der Waals surface area contributed by atoms with E-state index in [1.807, 2.05) is 0 Å². The molecule has 2 amide bonds. The Bertz CT molecular complexity index is 440. The van der Waals surface area contributed by atoms with E-state index in [4.69, 9.17) is 0 Å². The van der Waals surface area contributed by atoms with Crippen molar-refractivity contribution in [3.63, 3.8) is 0 Å². The van der Waals surface area contributed by atoms with Gasteiger partial charge >= 0.3 is 12.2 Å². The second-order valence-corrected chi connectivity index (χ2v) is 7.73. The zero-order chi connectivity index (χ0) is 17.9. The lowest BCUT2D eigenvalue weighted by Crippen LogP contribution is -2.49. The maximum atomic E-state index is 12.4. The predicted octanol–water partition coefficient (Wildman–Crippen LogP) is 2.19. The first-order valence-electron chi connectivity index (χ1n) is 9.46. The average molecular weight is 362 g/mol. The lowest BCUT2D eigenvalue weighted by molar-refractivity contribution is -0.148. The van der Waals surface area contributed by atoms with E-state index in [-0.39, 0.29) is 18.0 Å². The smallest absolute Gasteiger partial charge is 0.338 e. The fraction of sp³-hybridized carbons (Fsp3) is 0.941. The molecule has 0 atom stereocenters. The predicted molar refractivity (Wildman–Crippen MR) is 89.4 cm³/mol. The number of halogens is 3. The summed E-state index contributed by atoms with van der Waals surface area (Å²) in [6.07, 6.45) is 1.92. The number of hydrogen-bond donors (Lipinski definition) is 2. The Morgan fingerprint density at radius 1 is 0.960 bits per heavy atom. The molecule has 25 heavy (non-hydrogen) atoms. The van der Waals surface area contributed by atoms with Gasteiger partial charge in [0.15, 0.2) is 0 Å². The highest BCUT2D eigenvalue weighted by Crippen LogP contribution is 2.29. The number of hydrogen-bond acceptors (Lipinski definition) is 3. The minimum absolute atomic E-state index is 0.136. The lowest BCUT2D eigenvalue weighted by atomic mass is 9.97. The van der Waals surface area contributed by atoms with Gasteiger partial charge < -0.3 is 15.5 Å². The van der Waals surface area contributed by atoms with Crippen LogP contribution in [0.15, 0.2) is 0 Å². The van der Waals surface area contributed by atoms with E-state index in [1.165, 1.54) is 17.7 Å². The van der Waals surface area contributed by atoms with Crippen molar-refractivity contribution in [2.75, 3.05) is 39.3 Å². The molecule has 0 aromatic carbocycles. The summed E-state index contributed by atoms with van der Waals surface area (Å²) in [4.78, 5) is 16.0. The van der Waals surface area contributed by atoms with Crippen molar-refractivity contribution in [3.05, 3.63) is 0 Å². The standard InChI is InChI=1S/C17H29F3N4O/c18-17(19,20)12-23-7-3-13(4-8-23)11-21-16(25)22-14-5-9-24(10-6-14)15-1-2-15/h13-15H,1-12H2,(H2,21,22,25). The molecular weight excluding hydrogens is 333 g/mol. The first kappa shape index (κ1) is 18.8. The fourth-order valence-corrected chi connectivity index (χ4v) is 3.92. The number of nitrogens with zero attached hydrogens (tertiary/aromatic N) is 2. The van der Waals surface area contributed by atoms with Crippen LogP contribution >= 0.6 is 0 Å². The third-order valence-corrected chi connectivity index (χ3v) is 5.59. The van der Waals surface area contributed by atoms with Gasteiger partial charge in [0.2, 0.25) is 0 Å². The van der Waals surface area contributed by atoms with E-state index >= 15 is 0 Å². The molecule has 1 saturated carbocycles. The first-order valence-corrected chi connectivity index (χ1v) is 9.46. The number of piperidine rings is 2. The molecule has 0 aromatic heterocycles. The second kappa shape index (κ2) is 8.12. The quantitative estimate of drug-likeness (QED) is 0.788. The highest BCUT2D eigenvalue weighted by atomic mass is 19.4. The number of nitrogens with one attached hydrogen (secondary N) is 2. The van der Waals surface area contributed by atoms with Crippen LogP contribution in [0.3, 0.4) is 0 Å². The summed E-state index contributed by atoms with van der Waals surface area (Å²) in [7, 11) is 0. The molecule has 0 radical (unpaired) electrons. The molecule has 8 heteroatoms. The molecule has 3 rings (SSSR count). The maximum Gasteiger partial charge on any atom is 0.401 e. The van der Waals surface area contributed by atoms with E-state index in [1.54, 1.807) is 0 Å². The third kappa shape index (κ3) is 6.33. The van der Waals surface area contributed by atoms with Gasteiger partial charge in [-0.15, -0.1) is 0 Å².